The molecule has 1 aromatic carbocycles. The number of nitrogens with one attached hydrogen (secondary N) is 2. The first kappa shape index (κ1) is 21.2. The van der Waals surface area contributed by atoms with Crippen LogP contribution in [0, 0.1) is 0 Å². The van der Waals surface area contributed by atoms with Crippen molar-refractivity contribution in [3.63, 3.8) is 0 Å². The lowest BCUT2D eigenvalue weighted by Gasteiger charge is -2.23. The van der Waals surface area contributed by atoms with Crippen molar-refractivity contribution in [3.05, 3.63) is 59.8 Å². The molecule has 2 N–H and O–H groups in total. The Morgan fingerprint density at radius 2 is 1.82 bits per heavy atom. The number of amides is 2. The van der Waals surface area contributed by atoms with Gasteiger partial charge in [-0.2, -0.15) is 0 Å². The minimum Gasteiger partial charge on any atom is -0.481 e. The molecule has 7 heteroatoms. The zero-order valence-electron chi connectivity index (χ0n) is 16.7. The van der Waals surface area contributed by atoms with E-state index in [1.54, 1.807) is 33.0 Å². The molecular weight excluding hydrogens is 358 g/mol. The highest BCUT2D eigenvalue weighted by molar-refractivity contribution is 5.86. The van der Waals surface area contributed by atoms with Crippen LogP contribution in [0.2, 0.25) is 0 Å². The number of aromatic nitrogens is 1. The summed E-state index contributed by atoms with van der Waals surface area (Å²) < 4.78 is 10.5. The first-order chi connectivity index (χ1) is 13.3. The van der Waals surface area contributed by atoms with Gasteiger partial charge in [0.25, 0.3) is 0 Å². The molecule has 0 spiro atoms. The molecule has 0 bridgehead atoms. The molecule has 0 aliphatic carbocycles. The van der Waals surface area contributed by atoms with E-state index in [-0.39, 0.29) is 12.5 Å². The van der Waals surface area contributed by atoms with Crippen molar-refractivity contribution in [3.8, 4) is 5.88 Å². The zero-order valence-corrected chi connectivity index (χ0v) is 16.7. The van der Waals surface area contributed by atoms with Gasteiger partial charge in [-0.15, -0.1) is 0 Å². The van der Waals surface area contributed by atoms with Crippen LogP contribution in [0.1, 0.15) is 31.9 Å². The molecule has 28 heavy (non-hydrogen) atoms. The monoisotopic (exact) mass is 385 g/mol. The number of carbonyl (C=O) groups is 2. The summed E-state index contributed by atoms with van der Waals surface area (Å²) in [5.74, 6) is 0.128. The molecule has 1 atom stereocenters. The molecule has 1 unspecified atom stereocenters. The summed E-state index contributed by atoms with van der Waals surface area (Å²) in [6.07, 6.45) is 1.32. The molecule has 0 radical (unpaired) electrons. The fraction of sp³-hybridized carbons (Fsp3) is 0.381. The Morgan fingerprint density at radius 3 is 2.46 bits per heavy atom. The van der Waals surface area contributed by atoms with Crippen LogP contribution in [-0.4, -0.2) is 35.7 Å². The molecule has 1 aromatic heterocycles. The van der Waals surface area contributed by atoms with E-state index in [4.69, 9.17) is 9.47 Å². The van der Waals surface area contributed by atoms with E-state index in [9.17, 15) is 9.59 Å². The third-order valence-electron chi connectivity index (χ3n) is 3.79. The first-order valence-electron chi connectivity index (χ1n) is 9.07. The van der Waals surface area contributed by atoms with Gasteiger partial charge in [0.05, 0.1) is 7.11 Å². The van der Waals surface area contributed by atoms with Crippen LogP contribution < -0.4 is 15.4 Å². The first-order valence-corrected chi connectivity index (χ1v) is 9.07. The molecule has 0 aliphatic heterocycles. The van der Waals surface area contributed by atoms with Crippen molar-refractivity contribution < 1.29 is 19.1 Å². The second-order valence-electron chi connectivity index (χ2n) is 7.28. The summed E-state index contributed by atoms with van der Waals surface area (Å²) in [7, 11) is 1.52. The van der Waals surface area contributed by atoms with Crippen LogP contribution in [0.25, 0.3) is 0 Å². The average molecular weight is 385 g/mol. The number of benzene rings is 1. The zero-order chi connectivity index (χ0) is 20.6. The third kappa shape index (κ3) is 6.90. The summed E-state index contributed by atoms with van der Waals surface area (Å²) >= 11 is 0. The molecule has 2 rings (SSSR count). The molecular formula is C21H27N3O4. The Balaban J connectivity index is 2.08. The topological polar surface area (TPSA) is 89.5 Å². The fourth-order valence-corrected chi connectivity index (χ4v) is 2.56. The number of alkyl carbamates (subject to hydrolysis) is 1. The Hall–Kier alpha value is -3.09. The van der Waals surface area contributed by atoms with E-state index >= 15 is 0 Å². The van der Waals surface area contributed by atoms with E-state index < -0.39 is 17.7 Å². The van der Waals surface area contributed by atoms with E-state index in [1.807, 2.05) is 36.4 Å². The molecule has 0 saturated heterocycles. The van der Waals surface area contributed by atoms with Gasteiger partial charge < -0.3 is 20.1 Å². The second-order valence-corrected chi connectivity index (χ2v) is 7.28. The Bertz CT molecular complexity index is 788. The maximum atomic E-state index is 12.8. The Labute approximate surface area is 165 Å². The van der Waals surface area contributed by atoms with E-state index in [1.165, 1.54) is 7.11 Å². The van der Waals surface area contributed by atoms with Gasteiger partial charge in [0.1, 0.15) is 11.6 Å². The quantitative estimate of drug-likeness (QED) is 0.765. The number of pyridine rings is 1. The van der Waals surface area contributed by atoms with Gasteiger partial charge in [0.2, 0.25) is 11.8 Å². The van der Waals surface area contributed by atoms with Gasteiger partial charge in [-0.3, -0.25) is 4.79 Å². The molecule has 150 valence electrons. The van der Waals surface area contributed by atoms with Crippen LogP contribution >= 0.6 is 0 Å². The van der Waals surface area contributed by atoms with E-state index in [0.717, 1.165) is 11.1 Å². The van der Waals surface area contributed by atoms with Gasteiger partial charge in [0, 0.05) is 24.7 Å². The number of methoxy groups -OCH3 is 1. The molecule has 0 fully saturated rings. The number of nitrogens with zero attached hydrogens (tertiary/aromatic N) is 1. The highest BCUT2D eigenvalue weighted by Gasteiger charge is 2.24. The summed E-state index contributed by atoms with van der Waals surface area (Å²) in [6.45, 7) is 5.55. The minimum atomic E-state index is -0.778. The summed E-state index contributed by atoms with van der Waals surface area (Å²) in [6, 6.07) is 12.3. The number of rotatable bonds is 7. The highest BCUT2D eigenvalue weighted by Crippen LogP contribution is 2.13. The molecule has 0 saturated carbocycles. The van der Waals surface area contributed by atoms with Gasteiger partial charge in [-0.25, -0.2) is 9.78 Å². The SMILES string of the molecule is COc1ncccc1CNC(=O)C(Cc1ccccc1)NC(=O)OC(C)(C)C. The Kier molecular flexibility index (Phi) is 7.37. The molecule has 0 aliphatic rings. The predicted molar refractivity (Wildman–Crippen MR) is 106 cm³/mol. The second kappa shape index (κ2) is 9.73. The number of hydrogen-bond donors (Lipinski definition) is 2. The predicted octanol–water partition coefficient (Wildman–Crippen LogP) is 2.84. The van der Waals surface area contributed by atoms with Crippen LogP contribution in [0.15, 0.2) is 48.7 Å². The van der Waals surface area contributed by atoms with Crippen molar-refractivity contribution in [1.82, 2.24) is 15.6 Å². The number of hydrogen-bond acceptors (Lipinski definition) is 5. The lowest BCUT2D eigenvalue weighted by atomic mass is 10.1. The Morgan fingerprint density at radius 1 is 1.11 bits per heavy atom. The smallest absolute Gasteiger partial charge is 0.408 e. The maximum Gasteiger partial charge on any atom is 0.408 e. The van der Waals surface area contributed by atoms with Crippen LogP contribution in [0.5, 0.6) is 5.88 Å². The normalized spacial score (nSPS) is 12.0. The molecule has 7 nitrogen and oxygen atoms in total. The standard InChI is InChI=1S/C21H27N3O4/c1-21(2,3)28-20(26)24-17(13-15-9-6-5-7-10-15)18(25)23-14-16-11-8-12-22-19(16)27-4/h5-12,17H,13-14H2,1-4H3,(H,23,25)(H,24,26). The summed E-state index contributed by atoms with van der Waals surface area (Å²) in [4.78, 5) is 29.1. The lowest BCUT2D eigenvalue weighted by molar-refractivity contribution is -0.123. The van der Waals surface area contributed by atoms with Crippen molar-refractivity contribution in [1.29, 1.82) is 0 Å². The fourth-order valence-electron chi connectivity index (χ4n) is 2.56. The third-order valence-corrected chi connectivity index (χ3v) is 3.79. The van der Waals surface area contributed by atoms with Crippen LogP contribution in [0.4, 0.5) is 4.79 Å². The van der Waals surface area contributed by atoms with Gasteiger partial charge in [-0.1, -0.05) is 36.4 Å². The van der Waals surface area contributed by atoms with Gasteiger partial charge in [0.15, 0.2) is 0 Å². The lowest BCUT2D eigenvalue weighted by Crippen LogP contribution is -2.49. The number of ether oxygens (including phenoxy) is 2. The molecule has 2 aromatic rings. The van der Waals surface area contributed by atoms with Gasteiger partial charge >= 0.3 is 6.09 Å². The van der Waals surface area contributed by atoms with Crippen molar-refractivity contribution in [2.24, 2.45) is 0 Å². The summed E-state index contributed by atoms with van der Waals surface area (Å²) in [5.41, 5.74) is 1.02. The van der Waals surface area contributed by atoms with E-state index in [0.29, 0.717) is 12.3 Å². The minimum absolute atomic E-state index is 0.233. The van der Waals surface area contributed by atoms with Crippen molar-refractivity contribution >= 4 is 12.0 Å². The molecule has 1 heterocycles. The summed E-state index contributed by atoms with van der Waals surface area (Å²) in [5, 5.41) is 5.50. The average Bonchev–Trinajstić information content (AvgIpc) is 2.65. The highest BCUT2D eigenvalue weighted by atomic mass is 16.6. The largest absolute Gasteiger partial charge is 0.481 e. The van der Waals surface area contributed by atoms with Gasteiger partial charge in [-0.05, 0) is 32.4 Å². The molecule has 2 amide bonds. The maximum absolute atomic E-state index is 12.8. The van der Waals surface area contributed by atoms with Crippen LogP contribution in [-0.2, 0) is 22.5 Å². The van der Waals surface area contributed by atoms with E-state index in [2.05, 4.69) is 15.6 Å². The van der Waals surface area contributed by atoms with Crippen molar-refractivity contribution in [2.45, 2.75) is 45.4 Å². The van der Waals surface area contributed by atoms with Crippen LogP contribution in [0.3, 0.4) is 0 Å². The van der Waals surface area contributed by atoms with Crippen molar-refractivity contribution in [2.75, 3.05) is 7.11 Å². The number of carbonyl (C=O) groups excluding carboxylic acids is 2.